The molecule has 3 aromatic carbocycles. The van der Waals surface area contributed by atoms with Gasteiger partial charge in [0.05, 0.1) is 28.6 Å². The van der Waals surface area contributed by atoms with Crippen LogP contribution in [0.5, 0.6) is 0 Å². The summed E-state index contributed by atoms with van der Waals surface area (Å²) >= 11 is 0. The third kappa shape index (κ3) is 4.24. The standard InChI is InChI=1S/C24H16N6/c25-15-17-10-12-20(13-11-17)27-23-14-22(18-6-2-1-3-7-18)29-24(30-23)28-21-9-5-4-8-19(21)16-26/h1-14H,(H2,27,28,29,30). The van der Waals surface area contributed by atoms with E-state index in [1.807, 2.05) is 66.7 Å². The Kier molecular flexibility index (Phi) is 5.32. The second-order valence-corrected chi connectivity index (χ2v) is 6.42. The molecule has 2 N–H and O–H groups in total. The van der Waals surface area contributed by atoms with Crippen molar-refractivity contribution in [1.29, 1.82) is 10.5 Å². The molecule has 0 saturated heterocycles. The van der Waals surface area contributed by atoms with Gasteiger partial charge in [-0.1, -0.05) is 42.5 Å². The molecule has 0 atom stereocenters. The van der Waals surface area contributed by atoms with Crippen molar-refractivity contribution in [2.45, 2.75) is 0 Å². The number of anilines is 4. The molecule has 30 heavy (non-hydrogen) atoms. The zero-order valence-electron chi connectivity index (χ0n) is 15.9. The fourth-order valence-corrected chi connectivity index (χ4v) is 2.91. The highest BCUT2D eigenvalue weighted by atomic mass is 15.1. The van der Waals surface area contributed by atoms with Crippen molar-refractivity contribution in [3.05, 3.63) is 96.1 Å². The van der Waals surface area contributed by atoms with E-state index in [0.717, 1.165) is 16.9 Å². The zero-order chi connectivity index (χ0) is 20.8. The van der Waals surface area contributed by atoms with E-state index in [-0.39, 0.29) is 0 Å². The fourth-order valence-electron chi connectivity index (χ4n) is 2.91. The van der Waals surface area contributed by atoms with E-state index < -0.39 is 0 Å². The Hall–Kier alpha value is -4.68. The summed E-state index contributed by atoms with van der Waals surface area (Å²) in [6, 6.07) is 30.2. The lowest BCUT2D eigenvalue weighted by molar-refractivity contribution is 1.17. The quantitative estimate of drug-likeness (QED) is 0.477. The molecule has 0 aliphatic heterocycles. The first-order chi connectivity index (χ1) is 14.7. The van der Waals surface area contributed by atoms with Crippen LogP contribution >= 0.6 is 0 Å². The van der Waals surface area contributed by atoms with Crippen LogP contribution in [0.2, 0.25) is 0 Å². The molecule has 0 unspecified atom stereocenters. The zero-order valence-corrected chi connectivity index (χ0v) is 15.9. The summed E-state index contributed by atoms with van der Waals surface area (Å²) in [6.07, 6.45) is 0. The van der Waals surface area contributed by atoms with Gasteiger partial charge in [-0.05, 0) is 36.4 Å². The molecule has 0 aliphatic carbocycles. The molecule has 0 bridgehead atoms. The predicted molar refractivity (Wildman–Crippen MR) is 116 cm³/mol. The Morgan fingerprint density at radius 1 is 0.700 bits per heavy atom. The molecular weight excluding hydrogens is 372 g/mol. The van der Waals surface area contributed by atoms with E-state index in [4.69, 9.17) is 5.26 Å². The molecular formula is C24H16N6. The van der Waals surface area contributed by atoms with E-state index in [2.05, 4.69) is 32.7 Å². The van der Waals surface area contributed by atoms with Crippen LogP contribution in [-0.2, 0) is 0 Å². The van der Waals surface area contributed by atoms with Crippen LogP contribution in [0.25, 0.3) is 11.3 Å². The predicted octanol–water partition coefficient (Wildman–Crippen LogP) is 5.37. The number of hydrogen-bond acceptors (Lipinski definition) is 6. The summed E-state index contributed by atoms with van der Waals surface area (Å²) < 4.78 is 0. The van der Waals surface area contributed by atoms with Crippen molar-refractivity contribution in [3.8, 4) is 23.4 Å². The van der Waals surface area contributed by atoms with Crippen molar-refractivity contribution in [2.24, 2.45) is 0 Å². The number of para-hydroxylation sites is 1. The Morgan fingerprint density at radius 2 is 1.43 bits per heavy atom. The van der Waals surface area contributed by atoms with Gasteiger partial charge < -0.3 is 10.6 Å². The molecule has 1 aromatic heterocycles. The van der Waals surface area contributed by atoms with Crippen LogP contribution < -0.4 is 10.6 Å². The number of benzene rings is 3. The third-order valence-electron chi connectivity index (χ3n) is 4.38. The van der Waals surface area contributed by atoms with Crippen LogP contribution in [0, 0.1) is 22.7 Å². The van der Waals surface area contributed by atoms with Gasteiger partial charge in [-0.15, -0.1) is 0 Å². The van der Waals surface area contributed by atoms with Crippen LogP contribution in [-0.4, -0.2) is 9.97 Å². The first kappa shape index (κ1) is 18.7. The Bertz CT molecular complexity index is 1250. The Labute approximate surface area is 174 Å². The number of aromatic nitrogens is 2. The minimum absolute atomic E-state index is 0.371. The van der Waals surface area contributed by atoms with Gasteiger partial charge in [0.25, 0.3) is 0 Å². The van der Waals surface area contributed by atoms with Crippen molar-refractivity contribution in [1.82, 2.24) is 9.97 Å². The van der Waals surface area contributed by atoms with Crippen molar-refractivity contribution >= 4 is 23.1 Å². The van der Waals surface area contributed by atoms with Crippen molar-refractivity contribution in [2.75, 3.05) is 10.6 Å². The van der Waals surface area contributed by atoms with E-state index in [1.165, 1.54) is 0 Å². The smallest absolute Gasteiger partial charge is 0.229 e. The van der Waals surface area contributed by atoms with Gasteiger partial charge in [0.2, 0.25) is 5.95 Å². The van der Waals surface area contributed by atoms with Gasteiger partial charge in [-0.3, -0.25) is 0 Å². The summed E-state index contributed by atoms with van der Waals surface area (Å²) in [5.74, 6) is 0.959. The highest BCUT2D eigenvalue weighted by Gasteiger charge is 2.09. The molecule has 4 rings (SSSR count). The average Bonchev–Trinajstić information content (AvgIpc) is 2.80. The molecule has 142 valence electrons. The molecule has 6 nitrogen and oxygen atoms in total. The van der Waals surface area contributed by atoms with E-state index in [9.17, 15) is 5.26 Å². The van der Waals surface area contributed by atoms with Gasteiger partial charge in [0.15, 0.2) is 0 Å². The third-order valence-corrected chi connectivity index (χ3v) is 4.38. The van der Waals surface area contributed by atoms with Crippen LogP contribution in [0.3, 0.4) is 0 Å². The second kappa shape index (κ2) is 8.55. The Balaban J connectivity index is 1.72. The van der Waals surface area contributed by atoms with Crippen molar-refractivity contribution in [3.63, 3.8) is 0 Å². The molecule has 1 heterocycles. The lowest BCUT2D eigenvalue weighted by Gasteiger charge is -2.12. The summed E-state index contributed by atoms with van der Waals surface area (Å²) in [5.41, 5.74) is 4.21. The van der Waals surface area contributed by atoms with Gasteiger partial charge in [-0.25, -0.2) is 4.98 Å². The lowest BCUT2D eigenvalue weighted by atomic mass is 10.1. The number of nitrogens with one attached hydrogen (secondary N) is 2. The summed E-state index contributed by atoms with van der Waals surface area (Å²) in [5, 5.41) is 24.7. The molecule has 0 aliphatic rings. The van der Waals surface area contributed by atoms with E-state index >= 15 is 0 Å². The number of nitrogens with zero attached hydrogens (tertiary/aromatic N) is 4. The SMILES string of the molecule is N#Cc1ccc(Nc2cc(-c3ccccc3)nc(Nc3ccccc3C#N)n2)cc1. The maximum Gasteiger partial charge on any atom is 0.229 e. The maximum absolute atomic E-state index is 9.36. The summed E-state index contributed by atoms with van der Waals surface area (Å²) in [6.45, 7) is 0. The molecule has 0 fully saturated rings. The minimum Gasteiger partial charge on any atom is -0.340 e. The monoisotopic (exact) mass is 388 g/mol. The molecule has 4 aromatic rings. The molecule has 6 heteroatoms. The highest BCUT2D eigenvalue weighted by Crippen LogP contribution is 2.26. The van der Waals surface area contributed by atoms with Gasteiger partial charge >= 0.3 is 0 Å². The molecule has 0 spiro atoms. The topological polar surface area (TPSA) is 97.4 Å². The normalized spacial score (nSPS) is 9.93. The molecule has 0 amide bonds. The minimum atomic E-state index is 0.371. The maximum atomic E-state index is 9.36. The largest absolute Gasteiger partial charge is 0.340 e. The molecule has 0 saturated carbocycles. The van der Waals surface area contributed by atoms with E-state index in [1.54, 1.807) is 18.2 Å². The fraction of sp³-hybridized carbons (Fsp3) is 0. The van der Waals surface area contributed by atoms with Gasteiger partial charge in [0.1, 0.15) is 11.9 Å². The van der Waals surface area contributed by atoms with Crippen LogP contribution in [0.15, 0.2) is 84.9 Å². The summed E-state index contributed by atoms with van der Waals surface area (Å²) in [4.78, 5) is 9.19. The average molecular weight is 388 g/mol. The van der Waals surface area contributed by atoms with E-state index in [0.29, 0.717) is 28.6 Å². The second-order valence-electron chi connectivity index (χ2n) is 6.42. The number of hydrogen-bond donors (Lipinski definition) is 2. The Morgan fingerprint density at radius 3 is 2.17 bits per heavy atom. The lowest BCUT2D eigenvalue weighted by Crippen LogP contribution is -2.03. The first-order valence-corrected chi connectivity index (χ1v) is 9.23. The molecule has 0 radical (unpaired) electrons. The van der Waals surface area contributed by atoms with Gasteiger partial charge in [0, 0.05) is 17.3 Å². The number of rotatable bonds is 5. The number of nitriles is 2. The van der Waals surface area contributed by atoms with Crippen LogP contribution in [0.1, 0.15) is 11.1 Å². The summed E-state index contributed by atoms with van der Waals surface area (Å²) in [7, 11) is 0. The van der Waals surface area contributed by atoms with Gasteiger partial charge in [-0.2, -0.15) is 15.5 Å². The first-order valence-electron chi connectivity index (χ1n) is 9.23. The highest BCUT2D eigenvalue weighted by molar-refractivity contribution is 5.70. The van der Waals surface area contributed by atoms with Crippen molar-refractivity contribution < 1.29 is 0 Å². The van der Waals surface area contributed by atoms with Crippen LogP contribution in [0.4, 0.5) is 23.1 Å².